The molecule has 0 aliphatic rings. The summed E-state index contributed by atoms with van der Waals surface area (Å²) in [7, 11) is 4.53. The number of carbonyl (C=O) groups is 2. The van der Waals surface area contributed by atoms with Crippen molar-refractivity contribution in [3.05, 3.63) is 52.6 Å². The molecule has 2 aromatic rings. The summed E-state index contributed by atoms with van der Waals surface area (Å²) in [4.78, 5) is 24.2. The summed E-state index contributed by atoms with van der Waals surface area (Å²) in [5, 5.41) is 2.79. The van der Waals surface area contributed by atoms with Crippen LogP contribution in [0.25, 0.3) is 6.08 Å². The van der Waals surface area contributed by atoms with Gasteiger partial charge in [0.05, 0.1) is 21.3 Å². The Morgan fingerprint density at radius 2 is 1.47 bits per heavy atom. The number of ether oxygens (including phenoxy) is 4. The van der Waals surface area contributed by atoms with Gasteiger partial charge < -0.3 is 24.3 Å². The number of anilines is 1. The van der Waals surface area contributed by atoms with Gasteiger partial charge in [-0.25, -0.2) is 4.79 Å². The molecule has 0 saturated carbocycles. The fraction of sp³-hybridized carbons (Fsp3) is 0.304. The fourth-order valence-electron chi connectivity index (χ4n) is 3.10. The zero-order valence-electron chi connectivity index (χ0n) is 18.1. The van der Waals surface area contributed by atoms with Crippen molar-refractivity contribution in [1.29, 1.82) is 0 Å². The summed E-state index contributed by atoms with van der Waals surface area (Å²) in [6.07, 6.45) is 2.77. The van der Waals surface area contributed by atoms with Crippen LogP contribution >= 0.6 is 0 Å². The maximum absolute atomic E-state index is 12.2. The van der Waals surface area contributed by atoms with Gasteiger partial charge in [0.15, 0.2) is 18.1 Å². The molecule has 0 aliphatic carbocycles. The molecule has 7 nitrogen and oxygen atoms in total. The molecule has 0 aliphatic heterocycles. The number of aryl methyl sites for hydroxylation is 3. The van der Waals surface area contributed by atoms with Crippen LogP contribution in [0.1, 0.15) is 22.3 Å². The van der Waals surface area contributed by atoms with Gasteiger partial charge in [-0.2, -0.15) is 0 Å². The predicted molar refractivity (Wildman–Crippen MR) is 115 cm³/mol. The van der Waals surface area contributed by atoms with Crippen molar-refractivity contribution in [1.82, 2.24) is 0 Å². The van der Waals surface area contributed by atoms with Gasteiger partial charge in [-0.05, 0) is 55.7 Å². The Balaban J connectivity index is 1.99. The van der Waals surface area contributed by atoms with Crippen molar-refractivity contribution in [2.45, 2.75) is 20.8 Å². The normalized spacial score (nSPS) is 10.6. The summed E-state index contributed by atoms with van der Waals surface area (Å²) < 4.78 is 20.9. The van der Waals surface area contributed by atoms with Crippen LogP contribution in [-0.4, -0.2) is 39.8 Å². The Labute approximate surface area is 176 Å². The molecular weight excluding hydrogens is 386 g/mol. The highest BCUT2D eigenvalue weighted by Gasteiger charge is 2.13. The largest absolute Gasteiger partial charge is 0.493 e. The van der Waals surface area contributed by atoms with E-state index in [2.05, 4.69) is 5.32 Å². The Morgan fingerprint density at radius 3 is 1.97 bits per heavy atom. The highest BCUT2D eigenvalue weighted by atomic mass is 16.5. The number of esters is 1. The molecule has 0 aromatic heterocycles. The standard InChI is InChI=1S/C23H27NO6/c1-14-9-15(2)22(16(3)10-14)24-20(25)13-30-21(26)8-7-17-11-18(27-4)23(29-6)19(12-17)28-5/h7-12H,13H2,1-6H3,(H,24,25). The molecule has 0 radical (unpaired) electrons. The van der Waals surface area contributed by atoms with Crippen molar-refractivity contribution in [2.75, 3.05) is 33.3 Å². The number of amides is 1. The van der Waals surface area contributed by atoms with Crippen LogP contribution in [0.5, 0.6) is 17.2 Å². The first-order valence-electron chi connectivity index (χ1n) is 9.31. The molecule has 0 heterocycles. The van der Waals surface area contributed by atoms with Gasteiger partial charge in [0.1, 0.15) is 0 Å². The van der Waals surface area contributed by atoms with Gasteiger partial charge in [-0.1, -0.05) is 17.7 Å². The average Bonchev–Trinajstić information content (AvgIpc) is 2.72. The number of rotatable bonds is 8. The predicted octanol–water partition coefficient (Wildman–Crippen LogP) is 3.83. The molecule has 160 valence electrons. The van der Waals surface area contributed by atoms with E-state index < -0.39 is 11.9 Å². The fourth-order valence-corrected chi connectivity index (χ4v) is 3.10. The Bertz CT molecular complexity index is 916. The lowest BCUT2D eigenvalue weighted by Gasteiger charge is -2.13. The minimum atomic E-state index is -0.642. The SMILES string of the molecule is COc1cc(C=CC(=O)OCC(=O)Nc2c(C)cc(C)cc2C)cc(OC)c1OC. The Hall–Kier alpha value is -3.48. The summed E-state index contributed by atoms with van der Waals surface area (Å²) in [5.41, 5.74) is 4.40. The monoisotopic (exact) mass is 413 g/mol. The van der Waals surface area contributed by atoms with Crippen molar-refractivity contribution >= 4 is 23.6 Å². The van der Waals surface area contributed by atoms with Crippen LogP contribution in [0.4, 0.5) is 5.69 Å². The molecule has 1 amide bonds. The minimum absolute atomic E-state index is 0.384. The molecule has 0 fully saturated rings. The number of nitrogens with one attached hydrogen (secondary N) is 1. The molecule has 0 spiro atoms. The van der Waals surface area contributed by atoms with Crippen LogP contribution in [0.15, 0.2) is 30.3 Å². The molecule has 0 saturated heterocycles. The molecule has 7 heteroatoms. The van der Waals surface area contributed by atoms with E-state index in [1.807, 2.05) is 32.9 Å². The van der Waals surface area contributed by atoms with Gasteiger partial charge in [0.25, 0.3) is 5.91 Å². The maximum Gasteiger partial charge on any atom is 0.331 e. The highest BCUT2D eigenvalue weighted by molar-refractivity contribution is 5.95. The van der Waals surface area contributed by atoms with Crippen LogP contribution < -0.4 is 19.5 Å². The van der Waals surface area contributed by atoms with E-state index in [1.165, 1.54) is 27.4 Å². The number of benzene rings is 2. The molecule has 0 unspecified atom stereocenters. The Kier molecular flexibility index (Phi) is 7.86. The van der Waals surface area contributed by atoms with Crippen LogP contribution in [0, 0.1) is 20.8 Å². The van der Waals surface area contributed by atoms with Gasteiger partial charge in [-0.15, -0.1) is 0 Å². The third-order valence-corrected chi connectivity index (χ3v) is 4.39. The second-order valence-electron chi connectivity index (χ2n) is 6.72. The van der Waals surface area contributed by atoms with E-state index in [4.69, 9.17) is 18.9 Å². The first-order valence-corrected chi connectivity index (χ1v) is 9.31. The third-order valence-electron chi connectivity index (χ3n) is 4.39. The summed E-state index contributed by atoms with van der Waals surface area (Å²) in [6.45, 7) is 5.45. The van der Waals surface area contributed by atoms with E-state index in [0.717, 1.165) is 22.4 Å². The third kappa shape index (κ3) is 5.76. The Morgan fingerprint density at radius 1 is 0.900 bits per heavy atom. The number of hydrogen-bond acceptors (Lipinski definition) is 6. The van der Waals surface area contributed by atoms with Crippen LogP contribution in [-0.2, 0) is 14.3 Å². The van der Waals surface area contributed by atoms with Gasteiger partial charge in [0.2, 0.25) is 5.75 Å². The zero-order valence-corrected chi connectivity index (χ0v) is 18.1. The highest BCUT2D eigenvalue weighted by Crippen LogP contribution is 2.38. The second-order valence-corrected chi connectivity index (χ2v) is 6.72. The average molecular weight is 413 g/mol. The molecular formula is C23H27NO6. The lowest BCUT2D eigenvalue weighted by atomic mass is 10.1. The summed E-state index contributed by atoms with van der Waals surface area (Å²) >= 11 is 0. The number of methoxy groups -OCH3 is 3. The molecule has 30 heavy (non-hydrogen) atoms. The van der Waals surface area contributed by atoms with Crippen LogP contribution in [0.3, 0.4) is 0 Å². The van der Waals surface area contributed by atoms with Gasteiger partial charge in [-0.3, -0.25) is 4.79 Å². The first-order chi connectivity index (χ1) is 14.3. The molecule has 2 rings (SSSR count). The molecule has 0 atom stereocenters. The molecule has 1 N–H and O–H groups in total. The first kappa shape index (κ1) is 22.8. The van der Waals surface area contributed by atoms with Crippen molar-refractivity contribution < 1.29 is 28.5 Å². The lowest BCUT2D eigenvalue weighted by Crippen LogP contribution is -2.21. The van der Waals surface area contributed by atoms with Crippen molar-refractivity contribution in [3.8, 4) is 17.2 Å². The van der Waals surface area contributed by atoms with Crippen LogP contribution in [0.2, 0.25) is 0 Å². The van der Waals surface area contributed by atoms with E-state index in [0.29, 0.717) is 22.8 Å². The van der Waals surface area contributed by atoms with E-state index >= 15 is 0 Å². The quantitative estimate of drug-likeness (QED) is 0.523. The second kappa shape index (κ2) is 10.3. The number of carbonyl (C=O) groups excluding carboxylic acids is 2. The maximum atomic E-state index is 12.2. The van der Waals surface area contributed by atoms with Crippen molar-refractivity contribution in [2.24, 2.45) is 0 Å². The van der Waals surface area contributed by atoms with Crippen molar-refractivity contribution in [3.63, 3.8) is 0 Å². The van der Waals surface area contributed by atoms with Gasteiger partial charge >= 0.3 is 5.97 Å². The number of hydrogen-bond donors (Lipinski definition) is 1. The molecule has 0 bridgehead atoms. The summed E-state index contributed by atoms with van der Waals surface area (Å²) in [6, 6.07) is 7.35. The van der Waals surface area contributed by atoms with E-state index in [1.54, 1.807) is 18.2 Å². The van der Waals surface area contributed by atoms with Gasteiger partial charge in [0, 0.05) is 11.8 Å². The minimum Gasteiger partial charge on any atom is -0.493 e. The lowest BCUT2D eigenvalue weighted by molar-refractivity contribution is -0.142. The summed E-state index contributed by atoms with van der Waals surface area (Å²) in [5.74, 6) is 0.343. The van der Waals surface area contributed by atoms with E-state index in [-0.39, 0.29) is 6.61 Å². The van der Waals surface area contributed by atoms with E-state index in [9.17, 15) is 9.59 Å². The smallest absolute Gasteiger partial charge is 0.331 e. The zero-order chi connectivity index (χ0) is 22.3. The topological polar surface area (TPSA) is 83.1 Å². The molecule has 2 aromatic carbocycles.